The van der Waals surface area contributed by atoms with Crippen LogP contribution in [0.15, 0.2) is 27.4 Å². The van der Waals surface area contributed by atoms with Gasteiger partial charge in [-0.3, -0.25) is 4.79 Å². The second kappa shape index (κ2) is 6.89. The third-order valence-electron chi connectivity index (χ3n) is 3.92. The maximum absolute atomic E-state index is 12.1. The number of aliphatic hydroxyl groups excluding tert-OH is 1. The highest BCUT2D eigenvalue weighted by Crippen LogP contribution is 2.27. The van der Waals surface area contributed by atoms with Crippen molar-refractivity contribution in [3.8, 4) is 5.75 Å². The Hall–Kier alpha value is -1.92. The molecule has 0 bridgehead atoms. The first kappa shape index (κ1) is 16.5. The van der Waals surface area contributed by atoms with Gasteiger partial charge in [0.1, 0.15) is 17.1 Å². The van der Waals surface area contributed by atoms with Crippen LogP contribution in [0.4, 0.5) is 0 Å². The first-order chi connectivity index (χ1) is 10.4. The lowest BCUT2D eigenvalue weighted by Crippen LogP contribution is -2.34. The molecule has 1 heterocycles. The molecule has 22 heavy (non-hydrogen) atoms. The summed E-state index contributed by atoms with van der Waals surface area (Å²) in [6.07, 6.45) is 4.17. The van der Waals surface area contributed by atoms with Crippen molar-refractivity contribution < 1.29 is 24.2 Å². The Labute approximate surface area is 128 Å². The number of hydrogen-bond donors (Lipinski definition) is 2. The second-order valence-electron chi connectivity index (χ2n) is 5.54. The van der Waals surface area contributed by atoms with Crippen LogP contribution in [-0.2, 0) is 4.74 Å². The van der Waals surface area contributed by atoms with Gasteiger partial charge in [-0.2, -0.15) is 0 Å². The molecule has 1 aromatic heterocycles. The standard InChI is InChI=1S/C16H20O6/c1-9-7-13(19)15(16(20)22-9)12(18)6-4-10-3-5-11(17)14(8-10)21-2/h4,6-7,10-11,14,17,19H,3,5,8H2,1-2H3/b6-4+. The Bertz CT molecular complexity index is 630. The van der Waals surface area contributed by atoms with Gasteiger partial charge < -0.3 is 19.4 Å². The molecular formula is C16H20O6. The summed E-state index contributed by atoms with van der Waals surface area (Å²) in [5, 5.41) is 19.5. The number of allylic oxidation sites excluding steroid dienone is 2. The highest BCUT2D eigenvalue weighted by Gasteiger charge is 2.28. The molecule has 0 amide bonds. The Balaban J connectivity index is 2.11. The van der Waals surface area contributed by atoms with Crippen molar-refractivity contribution >= 4 is 5.78 Å². The highest BCUT2D eigenvalue weighted by molar-refractivity contribution is 6.06. The molecule has 120 valence electrons. The predicted molar refractivity (Wildman–Crippen MR) is 79.0 cm³/mol. The number of rotatable bonds is 4. The summed E-state index contributed by atoms with van der Waals surface area (Å²) >= 11 is 0. The smallest absolute Gasteiger partial charge is 0.351 e. The van der Waals surface area contributed by atoms with E-state index in [0.717, 1.165) is 6.42 Å². The fourth-order valence-corrected chi connectivity index (χ4v) is 2.70. The molecule has 0 aromatic carbocycles. The van der Waals surface area contributed by atoms with Crippen LogP contribution in [0.2, 0.25) is 0 Å². The minimum Gasteiger partial charge on any atom is -0.507 e. The van der Waals surface area contributed by atoms with Gasteiger partial charge in [0.05, 0.1) is 12.2 Å². The molecule has 6 heteroatoms. The molecule has 0 radical (unpaired) electrons. The fourth-order valence-electron chi connectivity index (χ4n) is 2.70. The lowest BCUT2D eigenvalue weighted by molar-refractivity contribution is -0.0448. The van der Waals surface area contributed by atoms with Crippen LogP contribution < -0.4 is 5.63 Å². The molecule has 3 atom stereocenters. The summed E-state index contributed by atoms with van der Waals surface area (Å²) in [6, 6.07) is 1.24. The van der Waals surface area contributed by atoms with Crippen molar-refractivity contribution in [2.24, 2.45) is 5.92 Å². The number of carbonyl (C=O) groups is 1. The van der Waals surface area contributed by atoms with E-state index in [1.807, 2.05) is 0 Å². The van der Waals surface area contributed by atoms with Crippen LogP contribution in [0.25, 0.3) is 0 Å². The molecule has 1 fully saturated rings. The summed E-state index contributed by atoms with van der Waals surface area (Å²) in [7, 11) is 1.54. The molecule has 2 N–H and O–H groups in total. The SMILES string of the molecule is COC1CC(/C=C/C(=O)c2c(O)cc(C)oc2=O)CCC1O. The number of aromatic hydroxyl groups is 1. The van der Waals surface area contributed by atoms with Crippen LogP contribution in [-0.4, -0.2) is 35.3 Å². The van der Waals surface area contributed by atoms with Crippen LogP contribution in [0.5, 0.6) is 5.75 Å². The Morgan fingerprint density at radius 1 is 1.45 bits per heavy atom. The predicted octanol–water partition coefficient (Wildman–Crippen LogP) is 1.57. The van der Waals surface area contributed by atoms with E-state index in [9.17, 15) is 19.8 Å². The van der Waals surface area contributed by atoms with Crippen molar-refractivity contribution in [2.45, 2.75) is 38.4 Å². The van der Waals surface area contributed by atoms with Crippen molar-refractivity contribution in [1.29, 1.82) is 0 Å². The molecule has 0 aliphatic heterocycles. The summed E-state index contributed by atoms with van der Waals surface area (Å²) in [5.74, 6) is -0.646. The van der Waals surface area contributed by atoms with E-state index in [4.69, 9.17) is 9.15 Å². The minimum atomic E-state index is -0.846. The minimum absolute atomic E-state index is 0.0805. The van der Waals surface area contributed by atoms with Crippen LogP contribution in [0, 0.1) is 12.8 Å². The van der Waals surface area contributed by atoms with Crippen LogP contribution >= 0.6 is 0 Å². The molecule has 1 aliphatic rings. The van der Waals surface area contributed by atoms with Gasteiger partial charge in [-0.15, -0.1) is 0 Å². The monoisotopic (exact) mass is 308 g/mol. The molecule has 1 aromatic rings. The molecule has 1 saturated carbocycles. The van der Waals surface area contributed by atoms with E-state index >= 15 is 0 Å². The average molecular weight is 308 g/mol. The van der Waals surface area contributed by atoms with Gasteiger partial charge in [-0.05, 0) is 38.2 Å². The first-order valence-corrected chi connectivity index (χ1v) is 7.19. The number of aryl methyl sites for hydroxylation is 1. The molecule has 6 nitrogen and oxygen atoms in total. The Morgan fingerprint density at radius 2 is 2.18 bits per heavy atom. The molecular weight excluding hydrogens is 288 g/mol. The maximum Gasteiger partial charge on any atom is 0.351 e. The van der Waals surface area contributed by atoms with Gasteiger partial charge in [-0.1, -0.05) is 6.08 Å². The number of hydrogen-bond acceptors (Lipinski definition) is 6. The number of ether oxygens (including phenoxy) is 1. The number of methoxy groups -OCH3 is 1. The highest BCUT2D eigenvalue weighted by atomic mass is 16.5. The summed E-state index contributed by atoms with van der Waals surface area (Å²) in [6.45, 7) is 1.52. The van der Waals surface area contributed by atoms with Crippen molar-refractivity contribution in [2.75, 3.05) is 7.11 Å². The van der Waals surface area contributed by atoms with Gasteiger partial charge >= 0.3 is 5.63 Å². The largest absolute Gasteiger partial charge is 0.507 e. The summed E-state index contributed by atoms with van der Waals surface area (Å²) in [4.78, 5) is 23.7. The molecule has 2 rings (SSSR count). The number of ketones is 1. The molecule has 3 unspecified atom stereocenters. The van der Waals surface area contributed by atoms with E-state index in [1.165, 1.54) is 19.1 Å². The maximum atomic E-state index is 12.1. The number of aliphatic hydroxyl groups is 1. The molecule has 0 saturated heterocycles. The van der Waals surface area contributed by atoms with Gasteiger partial charge in [0.25, 0.3) is 0 Å². The van der Waals surface area contributed by atoms with Crippen molar-refractivity contribution in [3.05, 3.63) is 40.0 Å². The van der Waals surface area contributed by atoms with Gasteiger partial charge in [0.2, 0.25) is 0 Å². The Morgan fingerprint density at radius 3 is 2.82 bits per heavy atom. The number of carbonyl (C=O) groups excluding carboxylic acids is 1. The zero-order valence-corrected chi connectivity index (χ0v) is 12.6. The van der Waals surface area contributed by atoms with E-state index in [0.29, 0.717) is 12.8 Å². The lowest BCUT2D eigenvalue weighted by Gasteiger charge is -2.30. The zero-order chi connectivity index (χ0) is 16.3. The quantitative estimate of drug-likeness (QED) is 0.647. The lowest BCUT2D eigenvalue weighted by atomic mass is 9.85. The summed E-state index contributed by atoms with van der Waals surface area (Å²) in [5.41, 5.74) is -1.21. The molecule has 1 aliphatic carbocycles. The first-order valence-electron chi connectivity index (χ1n) is 7.19. The van der Waals surface area contributed by atoms with E-state index in [2.05, 4.69) is 0 Å². The topological polar surface area (TPSA) is 97.0 Å². The normalized spacial score (nSPS) is 25.5. The zero-order valence-electron chi connectivity index (χ0n) is 12.6. The van der Waals surface area contributed by atoms with Gasteiger partial charge in [-0.25, -0.2) is 4.79 Å². The fraction of sp³-hybridized carbons (Fsp3) is 0.500. The van der Waals surface area contributed by atoms with Crippen LogP contribution in [0.3, 0.4) is 0 Å². The third-order valence-corrected chi connectivity index (χ3v) is 3.92. The van der Waals surface area contributed by atoms with Crippen molar-refractivity contribution in [3.63, 3.8) is 0 Å². The van der Waals surface area contributed by atoms with Gasteiger partial charge in [0.15, 0.2) is 5.78 Å². The van der Waals surface area contributed by atoms with E-state index in [1.54, 1.807) is 13.2 Å². The summed E-state index contributed by atoms with van der Waals surface area (Å²) < 4.78 is 10.0. The van der Waals surface area contributed by atoms with Crippen LogP contribution in [0.1, 0.15) is 35.4 Å². The van der Waals surface area contributed by atoms with Crippen molar-refractivity contribution in [1.82, 2.24) is 0 Å². The van der Waals surface area contributed by atoms with Gasteiger partial charge in [0, 0.05) is 13.2 Å². The molecule has 0 spiro atoms. The average Bonchev–Trinajstić information content (AvgIpc) is 2.45. The third kappa shape index (κ3) is 3.64. The van der Waals surface area contributed by atoms with E-state index < -0.39 is 17.5 Å². The Kier molecular flexibility index (Phi) is 5.15. The second-order valence-corrected chi connectivity index (χ2v) is 5.54. The van der Waals surface area contributed by atoms with E-state index in [-0.39, 0.29) is 29.1 Å².